The number of hydrogen-bond donors (Lipinski definition) is 2. The highest BCUT2D eigenvalue weighted by Gasteiger charge is 2.45. The molecule has 0 aliphatic carbocycles. The van der Waals surface area contributed by atoms with Crippen LogP contribution < -0.4 is 15.8 Å². The van der Waals surface area contributed by atoms with E-state index in [0.717, 1.165) is 18.0 Å². The molecule has 3 aliphatic rings. The van der Waals surface area contributed by atoms with Gasteiger partial charge < -0.3 is 20.7 Å². The maximum atomic E-state index is 6.12. The lowest BCUT2D eigenvalue weighted by molar-refractivity contribution is 0.0449. The number of anilines is 1. The Labute approximate surface area is 114 Å². The Balaban J connectivity index is 1.82. The van der Waals surface area contributed by atoms with Gasteiger partial charge in [0.15, 0.2) is 0 Å². The van der Waals surface area contributed by atoms with Crippen molar-refractivity contribution in [2.75, 3.05) is 38.6 Å². The third-order valence-corrected chi connectivity index (χ3v) is 4.70. The minimum Gasteiger partial charge on any atom is -0.497 e. The first kappa shape index (κ1) is 12.8. The minimum absolute atomic E-state index is 0.0306. The lowest BCUT2D eigenvalue weighted by Gasteiger charge is -2.53. The number of nitrogens with one attached hydrogen (secondary N) is 1. The predicted octanol–water partition coefficient (Wildman–Crippen LogP) is 1.53. The molecule has 0 radical (unpaired) electrons. The van der Waals surface area contributed by atoms with E-state index in [9.17, 15) is 0 Å². The molecule has 3 saturated heterocycles. The molecule has 19 heavy (non-hydrogen) atoms. The van der Waals surface area contributed by atoms with Crippen LogP contribution in [-0.4, -0.2) is 43.7 Å². The molecule has 3 aliphatic heterocycles. The fourth-order valence-corrected chi connectivity index (χ4v) is 3.58. The van der Waals surface area contributed by atoms with Crippen molar-refractivity contribution in [3.63, 3.8) is 0 Å². The van der Waals surface area contributed by atoms with Crippen molar-refractivity contribution in [1.29, 1.82) is 0 Å². The van der Waals surface area contributed by atoms with Crippen LogP contribution >= 0.6 is 0 Å². The van der Waals surface area contributed by atoms with Gasteiger partial charge in [0.25, 0.3) is 0 Å². The molecule has 1 aromatic rings. The number of benzene rings is 1. The largest absolute Gasteiger partial charge is 0.497 e. The van der Waals surface area contributed by atoms with Gasteiger partial charge in [-0.25, -0.2) is 0 Å². The van der Waals surface area contributed by atoms with Crippen LogP contribution in [0.1, 0.15) is 12.8 Å². The lowest BCUT2D eigenvalue weighted by atomic mass is 9.72. The summed E-state index contributed by atoms with van der Waals surface area (Å²) in [5.41, 5.74) is 7.26. The summed E-state index contributed by atoms with van der Waals surface area (Å²) < 4.78 is 5.29. The molecule has 0 amide bonds. The van der Waals surface area contributed by atoms with Crippen molar-refractivity contribution in [3.8, 4) is 5.75 Å². The topological polar surface area (TPSA) is 50.5 Å². The van der Waals surface area contributed by atoms with Gasteiger partial charge in [-0.2, -0.15) is 0 Å². The first-order valence-corrected chi connectivity index (χ1v) is 7.10. The van der Waals surface area contributed by atoms with Gasteiger partial charge >= 0.3 is 0 Å². The van der Waals surface area contributed by atoms with Crippen molar-refractivity contribution in [2.45, 2.75) is 18.4 Å². The zero-order valence-electron chi connectivity index (χ0n) is 11.6. The number of nitrogens with zero attached hydrogens (tertiary/aromatic N) is 1. The smallest absolute Gasteiger partial charge is 0.120 e. The van der Waals surface area contributed by atoms with Crippen LogP contribution in [0.4, 0.5) is 5.69 Å². The summed E-state index contributed by atoms with van der Waals surface area (Å²) in [6, 6.07) is 8.14. The zero-order chi connectivity index (χ0) is 13.3. The Hall–Kier alpha value is -1.26. The number of fused-ring (bicyclic) bond motifs is 3. The molecule has 4 heteroatoms. The zero-order valence-corrected chi connectivity index (χ0v) is 11.6. The van der Waals surface area contributed by atoms with Crippen LogP contribution in [-0.2, 0) is 0 Å². The van der Waals surface area contributed by atoms with Crippen LogP contribution in [0, 0.1) is 5.92 Å². The Morgan fingerprint density at radius 2 is 2.21 bits per heavy atom. The Bertz CT molecular complexity index is 443. The average Bonchev–Trinajstić information content (AvgIpc) is 2.48. The van der Waals surface area contributed by atoms with E-state index >= 15 is 0 Å². The molecule has 3 fully saturated rings. The molecule has 4 rings (SSSR count). The summed E-state index contributed by atoms with van der Waals surface area (Å²) in [5, 5.41) is 3.70. The molecule has 0 aromatic heterocycles. The summed E-state index contributed by atoms with van der Waals surface area (Å²) in [4.78, 5) is 2.53. The second kappa shape index (κ2) is 5.02. The first-order chi connectivity index (χ1) is 9.25. The van der Waals surface area contributed by atoms with Gasteiger partial charge in [0.1, 0.15) is 5.75 Å². The highest BCUT2D eigenvalue weighted by atomic mass is 16.5. The van der Waals surface area contributed by atoms with Gasteiger partial charge in [-0.3, -0.25) is 0 Å². The number of nitrogens with two attached hydrogens (primary N) is 1. The molecule has 3 heterocycles. The van der Waals surface area contributed by atoms with E-state index < -0.39 is 0 Å². The molecule has 2 bridgehead atoms. The summed E-state index contributed by atoms with van der Waals surface area (Å²) in [6.45, 7) is 4.20. The van der Waals surface area contributed by atoms with Crippen molar-refractivity contribution >= 4 is 5.69 Å². The van der Waals surface area contributed by atoms with E-state index in [2.05, 4.69) is 22.3 Å². The molecule has 4 nitrogen and oxygen atoms in total. The number of ether oxygens (including phenoxy) is 1. The summed E-state index contributed by atoms with van der Waals surface area (Å²) in [6.07, 6.45) is 2.52. The molecule has 1 atom stereocenters. The van der Waals surface area contributed by atoms with Gasteiger partial charge in [0, 0.05) is 24.8 Å². The highest BCUT2D eigenvalue weighted by molar-refractivity contribution is 5.51. The number of hydrogen-bond acceptors (Lipinski definition) is 4. The standard InChI is InChI=1S/C15H23N3O/c1-19-14-4-2-3-13(9-14)17-15(10-16)11-18-7-5-12(15)6-8-18/h2-4,9,12,17H,5-8,10-11,16H2,1H3. The normalized spacial score (nSPS) is 33.2. The van der Waals surface area contributed by atoms with Gasteiger partial charge in [-0.15, -0.1) is 0 Å². The van der Waals surface area contributed by atoms with E-state index in [1.165, 1.54) is 25.9 Å². The number of methoxy groups -OCH3 is 1. The monoisotopic (exact) mass is 261 g/mol. The maximum Gasteiger partial charge on any atom is 0.120 e. The quantitative estimate of drug-likeness (QED) is 0.863. The molecular weight excluding hydrogens is 238 g/mol. The second-order valence-electron chi connectivity index (χ2n) is 5.77. The van der Waals surface area contributed by atoms with E-state index in [4.69, 9.17) is 10.5 Å². The van der Waals surface area contributed by atoms with Crippen LogP contribution in [0.5, 0.6) is 5.75 Å². The number of piperidine rings is 3. The Morgan fingerprint density at radius 1 is 1.42 bits per heavy atom. The SMILES string of the molecule is COc1cccc(NC2(CN)CN3CCC2CC3)c1. The van der Waals surface area contributed by atoms with E-state index in [-0.39, 0.29) is 5.54 Å². The maximum absolute atomic E-state index is 6.12. The van der Waals surface area contributed by atoms with Crippen LogP contribution in [0.2, 0.25) is 0 Å². The van der Waals surface area contributed by atoms with Crippen LogP contribution in [0.15, 0.2) is 24.3 Å². The second-order valence-corrected chi connectivity index (χ2v) is 5.77. The number of rotatable bonds is 4. The van der Waals surface area contributed by atoms with Crippen molar-refractivity contribution in [2.24, 2.45) is 11.7 Å². The van der Waals surface area contributed by atoms with Crippen LogP contribution in [0.25, 0.3) is 0 Å². The summed E-state index contributed by atoms with van der Waals surface area (Å²) in [7, 11) is 1.70. The van der Waals surface area contributed by atoms with E-state index in [0.29, 0.717) is 12.5 Å². The molecule has 0 spiro atoms. The third-order valence-electron chi connectivity index (χ3n) is 4.70. The summed E-state index contributed by atoms with van der Waals surface area (Å²) in [5.74, 6) is 1.58. The molecular formula is C15H23N3O. The third kappa shape index (κ3) is 2.30. The van der Waals surface area contributed by atoms with Gasteiger partial charge in [-0.05, 0) is 44.0 Å². The Morgan fingerprint density at radius 3 is 2.79 bits per heavy atom. The molecule has 1 unspecified atom stereocenters. The fourth-order valence-electron chi connectivity index (χ4n) is 3.58. The van der Waals surface area contributed by atoms with Crippen molar-refractivity contribution < 1.29 is 4.74 Å². The first-order valence-electron chi connectivity index (χ1n) is 7.10. The van der Waals surface area contributed by atoms with Crippen molar-refractivity contribution in [1.82, 2.24) is 4.90 Å². The van der Waals surface area contributed by atoms with E-state index in [1.807, 2.05) is 12.1 Å². The lowest BCUT2D eigenvalue weighted by Crippen LogP contribution is -2.66. The van der Waals surface area contributed by atoms with Crippen molar-refractivity contribution in [3.05, 3.63) is 24.3 Å². The fraction of sp³-hybridized carbons (Fsp3) is 0.600. The molecule has 104 valence electrons. The van der Waals surface area contributed by atoms with E-state index in [1.54, 1.807) is 7.11 Å². The molecule has 3 N–H and O–H groups in total. The minimum atomic E-state index is 0.0306. The molecule has 0 saturated carbocycles. The van der Waals surface area contributed by atoms with Gasteiger partial charge in [0.2, 0.25) is 0 Å². The van der Waals surface area contributed by atoms with Crippen LogP contribution in [0.3, 0.4) is 0 Å². The summed E-state index contributed by atoms with van der Waals surface area (Å²) >= 11 is 0. The molecule has 1 aromatic carbocycles. The highest BCUT2D eigenvalue weighted by Crippen LogP contribution is 2.37. The van der Waals surface area contributed by atoms with Gasteiger partial charge in [0.05, 0.1) is 12.6 Å². The predicted molar refractivity (Wildman–Crippen MR) is 77.6 cm³/mol. The van der Waals surface area contributed by atoms with Gasteiger partial charge in [-0.1, -0.05) is 6.07 Å². The Kier molecular flexibility index (Phi) is 3.37. The average molecular weight is 261 g/mol.